The summed E-state index contributed by atoms with van der Waals surface area (Å²) < 4.78 is 12.9. The van der Waals surface area contributed by atoms with E-state index in [2.05, 4.69) is 5.32 Å². The van der Waals surface area contributed by atoms with Crippen molar-refractivity contribution in [3.8, 4) is 0 Å². The number of halogens is 1. The fourth-order valence-corrected chi connectivity index (χ4v) is 3.21. The molecule has 3 rings (SSSR count). The fraction of sp³-hybridized carbons (Fsp3) is 0.300. The van der Waals surface area contributed by atoms with Crippen LogP contribution in [0.4, 0.5) is 4.39 Å². The van der Waals surface area contributed by atoms with Gasteiger partial charge in [-0.3, -0.25) is 9.59 Å². The number of nitrogens with one attached hydrogen (secondary N) is 1. The zero-order valence-corrected chi connectivity index (χ0v) is 13.6. The van der Waals surface area contributed by atoms with Crippen LogP contribution in [0, 0.1) is 18.7 Å². The van der Waals surface area contributed by atoms with Gasteiger partial charge in [-0.05, 0) is 30.2 Å². The van der Waals surface area contributed by atoms with E-state index in [4.69, 9.17) is 0 Å². The molecule has 1 saturated heterocycles. The highest BCUT2D eigenvalue weighted by Crippen LogP contribution is 2.32. The van der Waals surface area contributed by atoms with E-state index in [0.29, 0.717) is 6.54 Å². The van der Waals surface area contributed by atoms with Crippen molar-refractivity contribution in [3.63, 3.8) is 0 Å². The Morgan fingerprint density at radius 1 is 1.12 bits per heavy atom. The van der Waals surface area contributed by atoms with Gasteiger partial charge in [0.15, 0.2) is 0 Å². The molecular weight excluding hydrogens is 305 g/mol. The quantitative estimate of drug-likeness (QED) is 0.918. The second-order valence-electron chi connectivity index (χ2n) is 6.41. The molecule has 2 atom stereocenters. The first-order valence-electron chi connectivity index (χ1n) is 8.13. The van der Waals surface area contributed by atoms with E-state index in [1.165, 1.54) is 17.7 Å². The molecule has 0 spiro atoms. The topological polar surface area (TPSA) is 46.2 Å². The van der Waals surface area contributed by atoms with Gasteiger partial charge in [0.1, 0.15) is 11.6 Å². The summed E-state index contributed by atoms with van der Waals surface area (Å²) in [6.07, 6.45) is 0.437. The number of rotatable bonds is 5. The molecule has 3 nitrogen and oxygen atoms in total. The molecule has 1 aliphatic heterocycles. The number of ketones is 1. The van der Waals surface area contributed by atoms with Crippen molar-refractivity contribution in [1.82, 2.24) is 5.32 Å². The lowest BCUT2D eigenvalue weighted by Crippen LogP contribution is -2.23. The van der Waals surface area contributed by atoms with Gasteiger partial charge >= 0.3 is 0 Å². The van der Waals surface area contributed by atoms with E-state index in [0.717, 1.165) is 11.1 Å². The van der Waals surface area contributed by atoms with Crippen molar-refractivity contribution >= 4 is 11.7 Å². The van der Waals surface area contributed by atoms with Crippen LogP contribution in [0.15, 0.2) is 48.5 Å². The summed E-state index contributed by atoms with van der Waals surface area (Å²) in [4.78, 5) is 24.5. The Balaban J connectivity index is 1.69. The highest BCUT2D eigenvalue weighted by Gasteiger charge is 2.36. The summed E-state index contributed by atoms with van der Waals surface area (Å²) in [7, 11) is 0. The monoisotopic (exact) mass is 325 g/mol. The molecule has 1 amide bonds. The summed E-state index contributed by atoms with van der Waals surface area (Å²) in [6, 6.07) is 14.0. The minimum absolute atomic E-state index is 0.000713. The van der Waals surface area contributed by atoms with Crippen LogP contribution in [0.3, 0.4) is 0 Å². The van der Waals surface area contributed by atoms with Gasteiger partial charge in [-0.25, -0.2) is 4.39 Å². The standard InChI is InChI=1S/C20H20FNO2/c1-13-2-6-15(7-3-13)19-12-22-20(24)18(19)11-17(23)10-14-4-8-16(21)9-5-14/h2-9,18-19H,10-12H2,1H3,(H,22,24)/t18-,19?/m0/s1. The van der Waals surface area contributed by atoms with Gasteiger partial charge in [0.25, 0.3) is 0 Å². The second kappa shape index (κ2) is 6.95. The number of Topliss-reactive ketones (excluding diaryl/α,β-unsaturated/α-hetero) is 1. The Hall–Kier alpha value is -2.49. The maximum absolute atomic E-state index is 12.9. The van der Waals surface area contributed by atoms with Crippen LogP contribution in [0.1, 0.15) is 29.0 Å². The summed E-state index contributed by atoms with van der Waals surface area (Å²) in [5, 5.41) is 2.87. The molecule has 0 aliphatic carbocycles. The molecule has 1 fully saturated rings. The van der Waals surface area contributed by atoms with Crippen molar-refractivity contribution in [2.45, 2.75) is 25.7 Å². The van der Waals surface area contributed by atoms with Crippen LogP contribution in [-0.2, 0) is 16.0 Å². The largest absolute Gasteiger partial charge is 0.355 e. The Bertz CT molecular complexity index is 737. The Morgan fingerprint density at radius 2 is 1.79 bits per heavy atom. The average Bonchev–Trinajstić information content (AvgIpc) is 2.91. The first-order valence-corrected chi connectivity index (χ1v) is 8.13. The molecule has 2 aromatic carbocycles. The summed E-state index contributed by atoms with van der Waals surface area (Å²) in [5.41, 5.74) is 3.02. The minimum Gasteiger partial charge on any atom is -0.355 e. The Morgan fingerprint density at radius 3 is 2.46 bits per heavy atom. The van der Waals surface area contributed by atoms with Crippen LogP contribution in [0.25, 0.3) is 0 Å². The number of carbonyl (C=O) groups is 2. The lowest BCUT2D eigenvalue weighted by atomic mass is 9.84. The SMILES string of the molecule is Cc1ccc(C2CNC(=O)[C@H]2CC(=O)Cc2ccc(F)cc2)cc1. The van der Waals surface area contributed by atoms with Gasteiger partial charge in [-0.1, -0.05) is 42.0 Å². The molecule has 0 saturated carbocycles. The summed E-state index contributed by atoms with van der Waals surface area (Å²) >= 11 is 0. The molecule has 0 aromatic heterocycles. The van der Waals surface area contributed by atoms with Crippen molar-refractivity contribution in [1.29, 1.82) is 0 Å². The maximum atomic E-state index is 12.9. The van der Waals surface area contributed by atoms with E-state index >= 15 is 0 Å². The second-order valence-corrected chi connectivity index (χ2v) is 6.41. The van der Waals surface area contributed by atoms with Crippen LogP contribution in [0.5, 0.6) is 0 Å². The maximum Gasteiger partial charge on any atom is 0.224 e. The highest BCUT2D eigenvalue weighted by atomic mass is 19.1. The smallest absolute Gasteiger partial charge is 0.224 e. The van der Waals surface area contributed by atoms with E-state index in [1.807, 2.05) is 31.2 Å². The molecule has 0 bridgehead atoms. The van der Waals surface area contributed by atoms with Crippen LogP contribution < -0.4 is 5.32 Å². The number of aryl methyl sites for hydroxylation is 1. The fourth-order valence-electron chi connectivity index (χ4n) is 3.21. The van der Waals surface area contributed by atoms with Gasteiger partial charge < -0.3 is 5.32 Å². The molecule has 1 N–H and O–H groups in total. The first kappa shape index (κ1) is 16.4. The van der Waals surface area contributed by atoms with E-state index < -0.39 is 0 Å². The van der Waals surface area contributed by atoms with Crippen molar-refractivity contribution in [2.24, 2.45) is 5.92 Å². The van der Waals surface area contributed by atoms with Gasteiger partial charge in [0, 0.05) is 25.3 Å². The Labute approximate surface area is 140 Å². The van der Waals surface area contributed by atoms with Crippen LogP contribution in [-0.4, -0.2) is 18.2 Å². The molecule has 0 radical (unpaired) electrons. The number of amides is 1. The number of benzene rings is 2. The molecule has 1 heterocycles. The highest BCUT2D eigenvalue weighted by molar-refractivity contribution is 5.90. The van der Waals surface area contributed by atoms with Crippen molar-refractivity contribution < 1.29 is 14.0 Å². The summed E-state index contributed by atoms with van der Waals surface area (Å²) in [6.45, 7) is 2.59. The van der Waals surface area contributed by atoms with E-state index in [9.17, 15) is 14.0 Å². The average molecular weight is 325 g/mol. The zero-order chi connectivity index (χ0) is 17.1. The first-order chi connectivity index (χ1) is 11.5. The lowest BCUT2D eigenvalue weighted by Gasteiger charge is -2.17. The van der Waals surface area contributed by atoms with E-state index in [1.54, 1.807) is 12.1 Å². The van der Waals surface area contributed by atoms with Crippen molar-refractivity contribution in [3.05, 3.63) is 71.0 Å². The van der Waals surface area contributed by atoms with Crippen LogP contribution in [0.2, 0.25) is 0 Å². The molecule has 2 aromatic rings. The summed E-state index contributed by atoms with van der Waals surface area (Å²) in [5.74, 6) is -0.689. The predicted molar refractivity (Wildman–Crippen MR) is 90.1 cm³/mol. The Kier molecular flexibility index (Phi) is 4.74. The zero-order valence-electron chi connectivity index (χ0n) is 13.6. The number of hydrogen-bond acceptors (Lipinski definition) is 2. The molecule has 4 heteroatoms. The van der Waals surface area contributed by atoms with Crippen LogP contribution >= 0.6 is 0 Å². The predicted octanol–water partition coefficient (Wildman–Crippen LogP) is 3.17. The molecule has 24 heavy (non-hydrogen) atoms. The minimum atomic E-state index is -0.333. The third-order valence-electron chi connectivity index (χ3n) is 4.59. The lowest BCUT2D eigenvalue weighted by molar-refractivity contribution is -0.127. The molecule has 1 unspecified atom stereocenters. The van der Waals surface area contributed by atoms with E-state index in [-0.39, 0.29) is 42.2 Å². The van der Waals surface area contributed by atoms with Gasteiger partial charge in [-0.15, -0.1) is 0 Å². The molecular formula is C20H20FNO2. The third kappa shape index (κ3) is 3.70. The molecule has 1 aliphatic rings. The van der Waals surface area contributed by atoms with Gasteiger partial charge in [0.05, 0.1) is 5.92 Å². The molecule has 124 valence electrons. The normalized spacial score (nSPS) is 20.0. The number of carbonyl (C=O) groups excluding carboxylic acids is 2. The van der Waals surface area contributed by atoms with Gasteiger partial charge in [0.2, 0.25) is 5.91 Å². The van der Waals surface area contributed by atoms with Gasteiger partial charge in [-0.2, -0.15) is 0 Å². The third-order valence-corrected chi connectivity index (χ3v) is 4.59. The number of hydrogen-bond donors (Lipinski definition) is 1. The van der Waals surface area contributed by atoms with Crippen molar-refractivity contribution in [2.75, 3.05) is 6.54 Å².